The van der Waals surface area contributed by atoms with Crippen LogP contribution in [-0.4, -0.2) is 36.7 Å². The van der Waals surface area contributed by atoms with Crippen molar-refractivity contribution in [2.45, 2.75) is 45.3 Å². The fraction of sp³-hybridized carbons (Fsp3) is 0.667. The molecule has 0 aliphatic carbocycles. The van der Waals surface area contributed by atoms with E-state index in [0.29, 0.717) is 5.41 Å². The van der Waals surface area contributed by atoms with Crippen LogP contribution in [0.4, 0.5) is 0 Å². The van der Waals surface area contributed by atoms with Gasteiger partial charge in [-0.25, -0.2) is 0 Å². The molecule has 1 atom stereocenters. The molecule has 3 heteroatoms. The van der Waals surface area contributed by atoms with E-state index in [1.165, 1.54) is 50.1 Å². The number of nitrogens with zero attached hydrogens (tertiary/aromatic N) is 1. The van der Waals surface area contributed by atoms with Crippen molar-refractivity contribution in [2.75, 3.05) is 26.2 Å². The minimum absolute atomic E-state index is 0.0416. The number of nitrogens with one attached hydrogen (secondary N) is 1. The average molecular weight is 286 g/mol. The second-order valence-corrected chi connectivity index (χ2v) is 7.82. The van der Waals surface area contributed by atoms with Crippen molar-refractivity contribution in [2.24, 2.45) is 5.41 Å². The number of hydrogen-bond donors (Lipinski definition) is 1. The Morgan fingerprint density at radius 2 is 2.19 bits per heavy atom. The lowest BCUT2D eigenvalue weighted by Gasteiger charge is -2.23. The van der Waals surface area contributed by atoms with E-state index in [0.717, 1.165) is 18.7 Å². The molecule has 1 unspecified atom stereocenters. The summed E-state index contributed by atoms with van der Waals surface area (Å²) >= 11 is 0. The largest absolute Gasteiger partial charge is 0.487 e. The van der Waals surface area contributed by atoms with Crippen LogP contribution >= 0.6 is 0 Å². The van der Waals surface area contributed by atoms with Crippen LogP contribution in [-0.2, 0) is 13.0 Å². The molecule has 1 aromatic rings. The number of benzene rings is 1. The molecule has 3 heterocycles. The van der Waals surface area contributed by atoms with Crippen molar-refractivity contribution in [3.63, 3.8) is 0 Å². The first-order chi connectivity index (χ1) is 10.1. The zero-order chi connectivity index (χ0) is 14.5. The van der Waals surface area contributed by atoms with Gasteiger partial charge in [0.15, 0.2) is 0 Å². The molecule has 2 fully saturated rings. The van der Waals surface area contributed by atoms with Gasteiger partial charge in [0.25, 0.3) is 0 Å². The molecule has 2 saturated heterocycles. The molecule has 1 spiro atoms. The zero-order valence-electron chi connectivity index (χ0n) is 13.2. The van der Waals surface area contributed by atoms with Gasteiger partial charge in [-0.15, -0.1) is 0 Å². The van der Waals surface area contributed by atoms with E-state index in [1.54, 1.807) is 0 Å². The van der Waals surface area contributed by atoms with Gasteiger partial charge in [0.1, 0.15) is 11.4 Å². The van der Waals surface area contributed by atoms with Gasteiger partial charge in [-0.2, -0.15) is 0 Å². The maximum Gasteiger partial charge on any atom is 0.123 e. The van der Waals surface area contributed by atoms with Crippen LogP contribution in [0.1, 0.15) is 37.8 Å². The monoisotopic (exact) mass is 286 g/mol. The fourth-order valence-corrected chi connectivity index (χ4v) is 4.36. The Balaban J connectivity index is 1.51. The van der Waals surface area contributed by atoms with Crippen LogP contribution in [0.15, 0.2) is 18.2 Å². The van der Waals surface area contributed by atoms with Crippen LogP contribution in [0.3, 0.4) is 0 Å². The molecular weight excluding hydrogens is 260 g/mol. The summed E-state index contributed by atoms with van der Waals surface area (Å²) in [5.74, 6) is 1.11. The fourth-order valence-electron chi connectivity index (χ4n) is 4.36. The third kappa shape index (κ3) is 2.47. The third-order valence-corrected chi connectivity index (χ3v) is 5.46. The molecule has 21 heavy (non-hydrogen) atoms. The van der Waals surface area contributed by atoms with Crippen LogP contribution in [0, 0.1) is 5.41 Å². The molecule has 0 saturated carbocycles. The average Bonchev–Trinajstić information content (AvgIpc) is 3.10. The van der Waals surface area contributed by atoms with Gasteiger partial charge in [-0.05, 0) is 56.8 Å². The Bertz CT molecular complexity index is 546. The minimum Gasteiger partial charge on any atom is -0.487 e. The highest BCUT2D eigenvalue weighted by Crippen LogP contribution is 2.40. The van der Waals surface area contributed by atoms with Gasteiger partial charge >= 0.3 is 0 Å². The second kappa shape index (κ2) is 4.72. The van der Waals surface area contributed by atoms with E-state index in [1.807, 2.05) is 0 Å². The summed E-state index contributed by atoms with van der Waals surface area (Å²) in [4.78, 5) is 2.65. The summed E-state index contributed by atoms with van der Waals surface area (Å²) in [5, 5.41) is 3.55. The molecular formula is C18H26N2O. The standard InChI is InChI=1S/C18H26N2O/c1-17(2)10-15-14(4-3-5-16(15)21-17)11-20-9-7-18(13-20)6-8-19-12-18/h3-5,19H,6-13H2,1-2H3. The van der Waals surface area contributed by atoms with Crippen molar-refractivity contribution < 1.29 is 4.74 Å². The highest BCUT2D eigenvalue weighted by Gasteiger charge is 2.40. The van der Waals surface area contributed by atoms with Crippen molar-refractivity contribution in [3.8, 4) is 5.75 Å². The second-order valence-electron chi connectivity index (χ2n) is 7.82. The highest BCUT2D eigenvalue weighted by atomic mass is 16.5. The minimum atomic E-state index is -0.0416. The Labute approximate surface area is 127 Å². The molecule has 3 aliphatic rings. The summed E-state index contributed by atoms with van der Waals surface area (Å²) < 4.78 is 6.06. The first-order valence-electron chi connectivity index (χ1n) is 8.28. The quantitative estimate of drug-likeness (QED) is 0.904. The molecule has 3 aliphatic heterocycles. The number of rotatable bonds is 2. The van der Waals surface area contributed by atoms with E-state index in [-0.39, 0.29) is 5.60 Å². The summed E-state index contributed by atoms with van der Waals surface area (Å²) in [6, 6.07) is 6.57. The van der Waals surface area contributed by atoms with Gasteiger partial charge in [0, 0.05) is 31.6 Å². The third-order valence-electron chi connectivity index (χ3n) is 5.46. The van der Waals surface area contributed by atoms with Gasteiger partial charge < -0.3 is 10.1 Å². The maximum atomic E-state index is 6.06. The normalized spacial score (nSPS) is 30.8. The lowest BCUT2D eigenvalue weighted by molar-refractivity contribution is 0.138. The lowest BCUT2D eigenvalue weighted by Crippen LogP contribution is -2.29. The van der Waals surface area contributed by atoms with Crippen molar-refractivity contribution in [3.05, 3.63) is 29.3 Å². The predicted octanol–water partition coefficient (Wildman–Crippen LogP) is 2.59. The lowest BCUT2D eigenvalue weighted by atomic mass is 9.86. The van der Waals surface area contributed by atoms with Crippen molar-refractivity contribution in [1.29, 1.82) is 0 Å². The van der Waals surface area contributed by atoms with Gasteiger partial charge in [-0.3, -0.25) is 4.90 Å². The van der Waals surface area contributed by atoms with E-state index >= 15 is 0 Å². The molecule has 0 bridgehead atoms. The molecule has 114 valence electrons. The summed E-state index contributed by atoms with van der Waals surface area (Å²) in [6.45, 7) is 10.4. The van der Waals surface area contributed by atoms with Crippen molar-refractivity contribution >= 4 is 0 Å². The van der Waals surface area contributed by atoms with Crippen LogP contribution in [0.5, 0.6) is 5.75 Å². The Morgan fingerprint density at radius 1 is 1.29 bits per heavy atom. The van der Waals surface area contributed by atoms with Gasteiger partial charge in [0.05, 0.1) is 0 Å². The Morgan fingerprint density at radius 3 is 3.00 bits per heavy atom. The molecule has 0 aromatic heterocycles. The van der Waals surface area contributed by atoms with E-state index in [2.05, 4.69) is 42.3 Å². The molecule has 4 rings (SSSR count). The molecule has 0 amide bonds. The van der Waals surface area contributed by atoms with Crippen molar-refractivity contribution in [1.82, 2.24) is 10.2 Å². The summed E-state index contributed by atoms with van der Waals surface area (Å²) in [7, 11) is 0. The number of hydrogen-bond acceptors (Lipinski definition) is 3. The van der Waals surface area contributed by atoms with Crippen LogP contribution in [0.2, 0.25) is 0 Å². The van der Waals surface area contributed by atoms with E-state index in [9.17, 15) is 0 Å². The van der Waals surface area contributed by atoms with Gasteiger partial charge in [0.2, 0.25) is 0 Å². The van der Waals surface area contributed by atoms with E-state index < -0.39 is 0 Å². The molecule has 1 aromatic carbocycles. The Kier molecular flexibility index (Phi) is 3.05. The molecule has 0 radical (unpaired) electrons. The van der Waals surface area contributed by atoms with Gasteiger partial charge in [-0.1, -0.05) is 12.1 Å². The van der Waals surface area contributed by atoms with E-state index in [4.69, 9.17) is 4.74 Å². The smallest absolute Gasteiger partial charge is 0.123 e. The van der Waals surface area contributed by atoms with Crippen LogP contribution in [0.25, 0.3) is 0 Å². The number of likely N-dealkylation sites (tertiary alicyclic amines) is 1. The first kappa shape index (κ1) is 13.6. The summed E-state index contributed by atoms with van der Waals surface area (Å²) in [5.41, 5.74) is 3.43. The number of fused-ring (bicyclic) bond motifs is 1. The van der Waals surface area contributed by atoms with Crippen LogP contribution < -0.4 is 10.1 Å². The predicted molar refractivity (Wildman–Crippen MR) is 84.7 cm³/mol. The summed E-state index contributed by atoms with van der Waals surface area (Å²) in [6.07, 6.45) is 3.75. The maximum absolute atomic E-state index is 6.06. The molecule has 1 N–H and O–H groups in total. The zero-order valence-corrected chi connectivity index (χ0v) is 13.2. The molecule has 3 nitrogen and oxygen atoms in total. The number of ether oxygens (including phenoxy) is 1. The highest BCUT2D eigenvalue weighted by molar-refractivity contribution is 5.44. The SMILES string of the molecule is CC1(C)Cc2c(CN3CCC4(CCNC4)C3)cccc2O1. The first-order valence-corrected chi connectivity index (χ1v) is 8.28. The topological polar surface area (TPSA) is 24.5 Å². The Hall–Kier alpha value is -1.06.